The third-order valence-corrected chi connectivity index (χ3v) is 5.94. The topological polar surface area (TPSA) is 69.2 Å². The number of aromatic nitrogens is 2. The molecule has 0 aliphatic heterocycles. The van der Waals surface area contributed by atoms with Gasteiger partial charge in [-0.3, -0.25) is 0 Å². The molecule has 136 valence electrons. The van der Waals surface area contributed by atoms with Gasteiger partial charge in [0, 0.05) is 17.2 Å². The normalized spacial score (nSPS) is 11.6. The van der Waals surface area contributed by atoms with E-state index in [1.54, 1.807) is 24.3 Å². The molecular weight excluding hydrogens is 387 g/mol. The van der Waals surface area contributed by atoms with E-state index in [-0.39, 0.29) is 10.7 Å². The van der Waals surface area contributed by atoms with Crippen molar-refractivity contribution in [2.24, 2.45) is 0 Å². The molecule has 0 saturated heterocycles. The fourth-order valence-corrected chi connectivity index (χ4v) is 4.21. The van der Waals surface area contributed by atoms with Crippen molar-refractivity contribution in [2.45, 2.75) is 4.90 Å². The van der Waals surface area contributed by atoms with Crippen molar-refractivity contribution in [3.8, 4) is 22.8 Å². The average Bonchev–Trinajstić information content (AvgIpc) is 3.07. The molecule has 0 spiro atoms. The van der Waals surface area contributed by atoms with Crippen molar-refractivity contribution in [3.63, 3.8) is 0 Å². The highest BCUT2D eigenvalue weighted by atomic mass is 32.2. The number of benzene rings is 2. The molecule has 2 aromatic heterocycles. The summed E-state index contributed by atoms with van der Waals surface area (Å²) in [6.45, 7) is 0. The van der Waals surface area contributed by atoms with E-state index in [1.807, 2.05) is 5.38 Å². The Balaban J connectivity index is 1.81. The zero-order valence-corrected chi connectivity index (χ0v) is 15.7. The van der Waals surface area contributed by atoms with Gasteiger partial charge < -0.3 is 4.74 Å². The Kier molecular flexibility index (Phi) is 4.37. The lowest BCUT2D eigenvalue weighted by atomic mass is 10.1. The standard InChI is InChI=1S/C19H13FN2O3S2/c1-27(23,24)15-4-2-3-14(9-15)25-18-17-16(10-26-19(17)22-11-21-18)12-5-7-13(20)8-6-12/h2-11H,1H3. The Labute approximate surface area is 159 Å². The lowest BCUT2D eigenvalue weighted by Gasteiger charge is -2.08. The molecule has 0 bridgehead atoms. The van der Waals surface area contributed by atoms with Crippen LogP contribution in [0.1, 0.15) is 0 Å². The Morgan fingerprint density at radius 2 is 1.85 bits per heavy atom. The van der Waals surface area contributed by atoms with Crippen molar-refractivity contribution >= 4 is 31.4 Å². The van der Waals surface area contributed by atoms with Crippen LogP contribution in [0.4, 0.5) is 4.39 Å². The van der Waals surface area contributed by atoms with Gasteiger partial charge >= 0.3 is 0 Å². The zero-order chi connectivity index (χ0) is 19.0. The van der Waals surface area contributed by atoms with Gasteiger partial charge in [0.25, 0.3) is 0 Å². The molecule has 0 amide bonds. The second-order valence-electron chi connectivity index (χ2n) is 5.86. The van der Waals surface area contributed by atoms with Crippen molar-refractivity contribution in [2.75, 3.05) is 6.26 Å². The van der Waals surface area contributed by atoms with E-state index < -0.39 is 9.84 Å². The molecule has 4 rings (SSSR count). The molecule has 0 N–H and O–H groups in total. The summed E-state index contributed by atoms with van der Waals surface area (Å²) in [5.74, 6) is 0.351. The van der Waals surface area contributed by atoms with E-state index in [4.69, 9.17) is 4.74 Å². The first kappa shape index (κ1) is 17.6. The van der Waals surface area contributed by atoms with E-state index in [2.05, 4.69) is 9.97 Å². The fourth-order valence-electron chi connectivity index (χ4n) is 2.65. The first-order valence-corrected chi connectivity index (χ1v) is 10.6. The average molecular weight is 400 g/mol. The highest BCUT2D eigenvalue weighted by molar-refractivity contribution is 7.90. The number of nitrogens with zero attached hydrogens (tertiary/aromatic N) is 2. The zero-order valence-electron chi connectivity index (χ0n) is 14.1. The third-order valence-electron chi connectivity index (χ3n) is 3.94. The maximum atomic E-state index is 13.2. The predicted molar refractivity (Wildman–Crippen MR) is 102 cm³/mol. The Hall–Kier alpha value is -2.84. The Bertz CT molecular complexity index is 1240. The summed E-state index contributed by atoms with van der Waals surface area (Å²) in [5.41, 5.74) is 1.64. The fraction of sp³-hybridized carbons (Fsp3) is 0.0526. The van der Waals surface area contributed by atoms with Crippen molar-refractivity contribution in [1.82, 2.24) is 9.97 Å². The van der Waals surface area contributed by atoms with Crippen LogP contribution < -0.4 is 4.74 Å². The number of rotatable bonds is 4. The number of hydrogen-bond acceptors (Lipinski definition) is 6. The summed E-state index contributed by atoms with van der Waals surface area (Å²) in [4.78, 5) is 9.36. The van der Waals surface area contributed by atoms with Gasteiger partial charge in [0.15, 0.2) is 9.84 Å². The minimum absolute atomic E-state index is 0.161. The second kappa shape index (κ2) is 6.71. The third kappa shape index (κ3) is 3.54. The van der Waals surface area contributed by atoms with Crippen molar-refractivity contribution in [1.29, 1.82) is 0 Å². The summed E-state index contributed by atoms with van der Waals surface area (Å²) in [5, 5.41) is 2.60. The molecule has 4 aromatic rings. The monoisotopic (exact) mass is 400 g/mol. The van der Waals surface area contributed by atoms with Crippen LogP contribution in [0.3, 0.4) is 0 Å². The van der Waals surface area contributed by atoms with Gasteiger partial charge in [0.2, 0.25) is 5.88 Å². The van der Waals surface area contributed by atoms with E-state index in [9.17, 15) is 12.8 Å². The van der Waals surface area contributed by atoms with Crippen LogP contribution >= 0.6 is 11.3 Å². The van der Waals surface area contributed by atoms with Crippen molar-refractivity contribution < 1.29 is 17.5 Å². The number of ether oxygens (including phenoxy) is 1. The number of halogens is 1. The van der Waals surface area contributed by atoms with E-state index in [0.717, 1.165) is 22.2 Å². The molecule has 0 saturated carbocycles. The second-order valence-corrected chi connectivity index (χ2v) is 8.74. The minimum Gasteiger partial charge on any atom is -0.438 e. The van der Waals surface area contributed by atoms with Gasteiger partial charge in [-0.05, 0) is 35.9 Å². The van der Waals surface area contributed by atoms with Gasteiger partial charge in [0.1, 0.15) is 22.7 Å². The van der Waals surface area contributed by atoms with Gasteiger partial charge in [-0.25, -0.2) is 22.8 Å². The van der Waals surface area contributed by atoms with E-state index >= 15 is 0 Å². The maximum absolute atomic E-state index is 13.2. The van der Waals surface area contributed by atoms with Crippen LogP contribution in [0, 0.1) is 5.82 Å². The molecule has 27 heavy (non-hydrogen) atoms. The summed E-state index contributed by atoms with van der Waals surface area (Å²) in [7, 11) is -3.35. The quantitative estimate of drug-likeness (QED) is 0.497. The lowest BCUT2D eigenvalue weighted by Crippen LogP contribution is -1.97. The molecular formula is C19H13FN2O3S2. The van der Waals surface area contributed by atoms with Gasteiger partial charge in [-0.1, -0.05) is 18.2 Å². The van der Waals surface area contributed by atoms with Crippen LogP contribution in [0.2, 0.25) is 0 Å². The molecule has 0 fully saturated rings. The largest absolute Gasteiger partial charge is 0.438 e. The van der Waals surface area contributed by atoms with Gasteiger partial charge in [-0.15, -0.1) is 11.3 Å². The van der Waals surface area contributed by atoms with Gasteiger partial charge in [0.05, 0.1) is 10.3 Å². The Morgan fingerprint density at radius 3 is 2.59 bits per heavy atom. The first-order chi connectivity index (χ1) is 12.9. The van der Waals surface area contributed by atoms with Crippen molar-refractivity contribution in [3.05, 3.63) is 66.1 Å². The SMILES string of the molecule is CS(=O)(=O)c1cccc(Oc2ncnc3scc(-c4ccc(F)cc4)c23)c1. The summed E-state index contributed by atoms with van der Waals surface area (Å²) in [6, 6.07) is 12.4. The maximum Gasteiger partial charge on any atom is 0.231 e. The first-order valence-electron chi connectivity index (χ1n) is 7.88. The molecule has 0 aliphatic rings. The molecule has 0 aliphatic carbocycles. The van der Waals surface area contributed by atoms with Gasteiger partial charge in [-0.2, -0.15) is 0 Å². The summed E-state index contributed by atoms with van der Waals surface area (Å²) in [6.07, 6.45) is 2.53. The summed E-state index contributed by atoms with van der Waals surface area (Å²) >= 11 is 1.42. The molecule has 0 unspecified atom stereocenters. The van der Waals surface area contributed by atoms with Crippen LogP contribution in [0.15, 0.2) is 65.1 Å². The summed E-state index contributed by atoms with van der Waals surface area (Å²) < 4.78 is 42.7. The smallest absolute Gasteiger partial charge is 0.231 e. The highest BCUT2D eigenvalue weighted by Gasteiger charge is 2.16. The Morgan fingerprint density at radius 1 is 1.07 bits per heavy atom. The number of fused-ring (bicyclic) bond motifs is 1. The lowest BCUT2D eigenvalue weighted by molar-refractivity contribution is 0.466. The predicted octanol–water partition coefficient (Wildman–Crippen LogP) is 4.69. The van der Waals surface area contributed by atoms with Crippen LogP contribution in [0.5, 0.6) is 11.6 Å². The minimum atomic E-state index is -3.35. The number of hydrogen-bond donors (Lipinski definition) is 0. The molecule has 5 nitrogen and oxygen atoms in total. The van der Waals surface area contributed by atoms with Crippen LogP contribution in [0.25, 0.3) is 21.3 Å². The van der Waals surface area contributed by atoms with Crippen LogP contribution in [-0.4, -0.2) is 24.6 Å². The highest BCUT2D eigenvalue weighted by Crippen LogP contribution is 2.39. The van der Waals surface area contributed by atoms with E-state index in [0.29, 0.717) is 17.0 Å². The molecule has 2 heterocycles. The molecule has 0 radical (unpaired) electrons. The molecule has 0 atom stereocenters. The number of thiophene rings is 1. The molecule has 8 heteroatoms. The molecule has 2 aromatic carbocycles. The number of sulfone groups is 1. The van der Waals surface area contributed by atoms with Crippen LogP contribution in [-0.2, 0) is 9.84 Å². The van der Waals surface area contributed by atoms with E-state index in [1.165, 1.54) is 41.9 Å².